The van der Waals surface area contributed by atoms with E-state index in [1.807, 2.05) is 0 Å². The Bertz CT molecular complexity index is 389. The Labute approximate surface area is 100 Å². The lowest BCUT2D eigenvalue weighted by molar-refractivity contribution is 0.231. The van der Waals surface area contributed by atoms with Gasteiger partial charge in [-0.05, 0) is 25.9 Å². The second kappa shape index (κ2) is 5.58. The Morgan fingerprint density at radius 1 is 1.35 bits per heavy atom. The van der Waals surface area contributed by atoms with Crippen molar-refractivity contribution < 1.29 is 4.74 Å². The van der Waals surface area contributed by atoms with Gasteiger partial charge in [-0.1, -0.05) is 0 Å². The quantitative estimate of drug-likeness (QED) is 0.563. The van der Waals surface area contributed by atoms with Crippen molar-refractivity contribution in [2.75, 3.05) is 26.2 Å². The molecule has 17 heavy (non-hydrogen) atoms. The first-order valence-electron chi connectivity index (χ1n) is 5.78. The second-order valence-electron chi connectivity index (χ2n) is 4.02. The lowest BCUT2D eigenvalue weighted by atomic mass is 10.4. The van der Waals surface area contributed by atoms with Crippen molar-refractivity contribution in [2.45, 2.75) is 12.8 Å². The Kier molecular flexibility index (Phi) is 3.87. The van der Waals surface area contributed by atoms with Crippen LogP contribution in [-0.2, 0) is 0 Å². The summed E-state index contributed by atoms with van der Waals surface area (Å²) in [5, 5.41) is 7.36. The maximum absolute atomic E-state index is 7.36. The van der Waals surface area contributed by atoms with Gasteiger partial charge in [0.15, 0.2) is 5.69 Å². The third kappa shape index (κ3) is 3.13. The number of nitrogens with one attached hydrogen (secondary N) is 1. The highest BCUT2D eigenvalue weighted by atomic mass is 16.5. The van der Waals surface area contributed by atoms with E-state index in [1.54, 1.807) is 0 Å². The van der Waals surface area contributed by atoms with Crippen molar-refractivity contribution >= 4 is 5.84 Å². The van der Waals surface area contributed by atoms with Gasteiger partial charge in [0.2, 0.25) is 5.88 Å². The summed E-state index contributed by atoms with van der Waals surface area (Å²) in [5.41, 5.74) is 5.71. The Balaban J connectivity index is 1.87. The molecule has 6 nitrogen and oxygen atoms in total. The Morgan fingerprint density at radius 3 is 2.76 bits per heavy atom. The van der Waals surface area contributed by atoms with Crippen LogP contribution >= 0.6 is 0 Å². The lowest BCUT2D eigenvalue weighted by Gasteiger charge is -2.15. The van der Waals surface area contributed by atoms with Gasteiger partial charge >= 0.3 is 0 Å². The zero-order valence-corrected chi connectivity index (χ0v) is 9.72. The molecule has 1 fully saturated rings. The Morgan fingerprint density at radius 2 is 2.06 bits per heavy atom. The van der Waals surface area contributed by atoms with E-state index in [0.717, 1.165) is 19.6 Å². The van der Waals surface area contributed by atoms with Crippen LogP contribution in [0.25, 0.3) is 0 Å². The first-order chi connectivity index (χ1) is 8.27. The zero-order chi connectivity index (χ0) is 12.1. The highest BCUT2D eigenvalue weighted by Gasteiger charge is 2.13. The molecular formula is C11H17N5O. The van der Waals surface area contributed by atoms with Gasteiger partial charge in [-0.15, -0.1) is 0 Å². The molecule has 0 radical (unpaired) electrons. The average molecular weight is 235 g/mol. The predicted octanol–water partition coefficient (Wildman–Crippen LogP) is 0.235. The van der Waals surface area contributed by atoms with Gasteiger partial charge in [-0.2, -0.15) is 0 Å². The van der Waals surface area contributed by atoms with Crippen LogP contribution in [0, 0.1) is 5.41 Å². The van der Waals surface area contributed by atoms with Gasteiger partial charge < -0.3 is 10.5 Å². The third-order valence-corrected chi connectivity index (χ3v) is 2.76. The number of nitrogen functional groups attached to an aromatic ring is 1. The van der Waals surface area contributed by atoms with Gasteiger partial charge in [0, 0.05) is 18.9 Å². The van der Waals surface area contributed by atoms with Crippen LogP contribution in [0.3, 0.4) is 0 Å². The van der Waals surface area contributed by atoms with Crippen LogP contribution in [0.4, 0.5) is 0 Å². The fraction of sp³-hybridized carbons (Fsp3) is 0.545. The standard InChI is InChI=1S/C11H17N5O/c12-10(13)9-11(15-4-3-14-9)17-8-7-16-5-1-2-6-16/h3-4H,1-2,5-8H2,(H3,12,13). The molecule has 0 amide bonds. The lowest BCUT2D eigenvalue weighted by Crippen LogP contribution is -2.26. The topological polar surface area (TPSA) is 88.1 Å². The van der Waals surface area contributed by atoms with Crippen molar-refractivity contribution in [1.82, 2.24) is 14.9 Å². The molecule has 1 aromatic heterocycles. The number of hydrogen-bond acceptors (Lipinski definition) is 5. The number of nitrogens with two attached hydrogens (primary N) is 1. The van der Waals surface area contributed by atoms with Crippen molar-refractivity contribution in [1.29, 1.82) is 5.41 Å². The molecule has 2 rings (SSSR count). The van der Waals surface area contributed by atoms with E-state index in [1.165, 1.54) is 25.2 Å². The molecule has 0 atom stereocenters. The molecule has 0 aliphatic carbocycles. The minimum atomic E-state index is -0.116. The van der Waals surface area contributed by atoms with Crippen LogP contribution in [-0.4, -0.2) is 46.9 Å². The Hall–Kier alpha value is -1.69. The van der Waals surface area contributed by atoms with Gasteiger partial charge in [0.05, 0.1) is 0 Å². The number of aromatic nitrogens is 2. The number of nitrogens with zero attached hydrogens (tertiary/aromatic N) is 3. The number of hydrogen-bond donors (Lipinski definition) is 2. The highest BCUT2D eigenvalue weighted by Crippen LogP contribution is 2.11. The molecule has 92 valence electrons. The summed E-state index contributed by atoms with van der Waals surface area (Å²) >= 11 is 0. The number of amidine groups is 1. The van der Waals surface area contributed by atoms with Crippen molar-refractivity contribution in [3.63, 3.8) is 0 Å². The van der Waals surface area contributed by atoms with Crippen molar-refractivity contribution in [3.8, 4) is 5.88 Å². The van der Waals surface area contributed by atoms with Gasteiger partial charge in [0.1, 0.15) is 12.4 Å². The summed E-state index contributed by atoms with van der Waals surface area (Å²) in [4.78, 5) is 10.4. The van der Waals surface area contributed by atoms with E-state index in [4.69, 9.17) is 15.9 Å². The molecule has 1 aliphatic rings. The first kappa shape index (κ1) is 11.8. The largest absolute Gasteiger partial charge is 0.475 e. The first-order valence-corrected chi connectivity index (χ1v) is 5.78. The molecule has 1 aliphatic heterocycles. The average Bonchev–Trinajstić information content (AvgIpc) is 2.82. The van der Waals surface area contributed by atoms with Gasteiger partial charge in [-0.3, -0.25) is 10.3 Å². The van der Waals surface area contributed by atoms with Crippen molar-refractivity contribution in [2.24, 2.45) is 5.73 Å². The van der Waals surface area contributed by atoms with Gasteiger partial charge in [-0.25, -0.2) is 9.97 Å². The minimum absolute atomic E-state index is 0.116. The van der Waals surface area contributed by atoms with E-state index in [2.05, 4.69) is 14.9 Å². The van der Waals surface area contributed by atoms with E-state index >= 15 is 0 Å². The summed E-state index contributed by atoms with van der Waals surface area (Å²) in [5.74, 6) is 0.230. The molecule has 0 aromatic carbocycles. The maximum Gasteiger partial charge on any atom is 0.243 e. The third-order valence-electron chi connectivity index (χ3n) is 2.76. The van der Waals surface area contributed by atoms with Crippen LogP contribution in [0.2, 0.25) is 0 Å². The molecule has 1 aromatic rings. The summed E-state index contributed by atoms with van der Waals surface area (Å²) in [7, 11) is 0. The molecular weight excluding hydrogens is 218 g/mol. The SMILES string of the molecule is N=C(N)c1nccnc1OCCN1CCCC1. The molecule has 6 heteroatoms. The molecule has 0 unspecified atom stereocenters. The summed E-state index contributed by atoms with van der Waals surface area (Å²) < 4.78 is 5.52. The monoisotopic (exact) mass is 235 g/mol. The molecule has 0 bridgehead atoms. The second-order valence-corrected chi connectivity index (χ2v) is 4.02. The normalized spacial score (nSPS) is 16.0. The van der Waals surface area contributed by atoms with Crippen LogP contribution in [0.15, 0.2) is 12.4 Å². The van der Waals surface area contributed by atoms with E-state index in [0.29, 0.717) is 18.2 Å². The molecule has 0 spiro atoms. The molecule has 1 saturated heterocycles. The predicted molar refractivity (Wildman–Crippen MR) is 64.2 cm³/mol. The minimum Gasteiger partial charge on any atom is -0.475 e. The van der Waals surface area contributed by atoms with E-state index < -0.39 is 0 Å². The van der Waals surface area contributed by atoms with Gasteiger partial charge in [0.25, 0.3) is 0 Å². The summed E-state index contributed by atoms with van der Waals surface area (Å²) in [6, 6.07) is 0. The van der Waals surface area contributed by atoms with Crippen LogP contribution in [0.5, 0.6) is 5.88 Å². The number of likely N-dealkylation sites (tertiary alicyclic amines) is 1. The fourth-order valence-electron chi connectivity index (χ4n) is 1.89. The fourth-order valence-corrected chi connectivity index (χ4v) is 1.89. The molecule has 0 saturated carbocycles. The molecule has 3 N–H and O–H groups in total. The summed E-state index contributed by atoms with van der Waals surface area (Å²) in [6.45, 7) is 3.72. The smallest absolute Gasteiger partial charge is 0.243 e. The maximum atomic E-state index is 7.36. The van der Waals surface area contributed by atoms with E-state index in [9.17, 15) is 0 Å². The van der Waals surface area contributed by atoms with E-state index in [-0.39, 0.29) is 5.84 Å². The summed E-state index contributed by atoms with van der Waals surface area (Å²) in [6.07, 6.45) is 5.58. The van der Waals surface area contributed by atoms with Crippen molar-refractivity contribution in [3.05, 3.63) is 18.1 Å². The highest BCUT2D eigenvalue weighted by molar-refractivity contribution is 5.94. The van der Waals surface area contributed by atoms with Crippen LogP contribution in [0.1, 0.15) is 18.5 Å². The zero-order valence-electron chi connectivity index (χ0n) is 9.72. The number of rotatable bonds is 5. The molecule has 2 heterocycles. The number of ether oxygens (including phenoxy) is 1. The van der Waals surface area contributed by atoms with Crippen LogP contribution < -0.4 is 10.5 Å².